The summed E-state index contributed by atoms with van der Waals surface area (Å²) in [5.74, 6) is -0.0415. The van der Waals surface area contributed by atoms with Gasteiger partial charge >= 0.3 is 0 Å². The molecule has 1 heterocycles. The average molecular weight is 266 g/mol. The molecule has 4 heteroatoms. The van der Waals surface area contributed by atoms with Crippen LogP contribution in [0.2, 0.25) is 0 Å². The predicted octanol–water partition coefficient (Wildman–Crippen LogP) is 2.31. The van der Waals surface area contributed by atoms with Crippen LogP contribution in [0.1, 0.15) is 6.42 Å². The van der Waals surface area contributed by atoms with Crippen molar-refractivity contribution in [2.45, 2.75) is 13.0 Å². The van der Waals surface area contributed by atoms with Gasteiger partial charge in [0.1, 0.15) is 0 Å². The van der Waals surface area contributed by atoms with Gasteiger partial charge in [0.25, 0.3) is 5.91 Å². The monoisotopic (exact) mass is 266 g/mol. The maximum atomic E-state index is 12.1. The molecule has 0 spiro atoms. The van der Waals surface area contributed by atoms with Crippen LogP contribution in [0.5, 0.6) is 0 Å². The van der Waals surface area contributed by atoms with Gasteiger partial charge in [0.05, 0.1) is 11.4 Å². The number of anilines is 2. The predicted molar refractivity (Wildman–Crippen MR) is 78.0 cm³/mol. The first kappa shape index (κ1) is 12.4. The number of rotatable bonds is 5. The second kappa shape index (κ2) is 5.57. The molecule has 2 N–H and O–H groups in total. The maximum Gasteiger partial charge on any atom is 0.290 e. The van der Waals surface area contributed by atoms with Crippen molar-refractivity contribution < 1.29 is 9.36 Å². The smallest absolute Gasteiger partial charge is 0.290 e. The zero-order chi connectivity index (χ0) is 13.8. The highest BCUT2D eigenvalue weighted by molar-refractivity contribution is 5.93. The molecule has 0 aliphatic heterocycles. The minimum Gasteiger partial charge on any atom is -0.357 e. The van der Waals surface area contributed by atoms with Crippen molar-refractivity contribution >= 4 is 17.3 Å². The third kappa shape index (κ3) is 3.23. The molecule has 0 unspecified atom stereocenters. The largest absolute Gasteiger partial charge is 0.357 e. The summed E-state index contributed by atoms with van der Waals surface area (Å²) in [6.07, 6.45) is 6.86. The number of para-hydroxylation sites is 2. The van der Waals surface area contributed by atoms with Gasteiger partial charge in [-0.15, -0.1) is 0 Å². The second-order valence-electron chi connectivity index (χ2n) is 4.70. The van der Waals surface area contributed by atoms with Crippen molar-refractivity contribution in [2.75, 3.05) is 10.6 Å². The number of aromatic nitrogens is 1. The lowest BCUT2D eigenvalue weighted by Gasteiger charge is -2.10. The number of allylic oxidation sites excluding steroid dienone is 2. The number of hydrogen-bond acceptors (Lipinski definition) is 2. The van der Waals surface area contributed by atoms with Gasteiger partial charge in [-0.05, 0) is 12.1 Å². The van der Waals surface area contributed by atoms with E-state index in [1.54, 1.807) is 0 Å². The summed E-state index contributed by atoms with van der Waals surface area (Å²) in [4.78, 5) is 12.1. The number of hydrogen-bond donors (Lipinski definition) is 2. The number of carbonyl (C=O) groups is 1. The van der Waals surface area contributed by atoms with Gasteiger partial charge in [-0.25, -0.2) is 0 Å². The molecule has 0 fully saturated rings. The van der Waals surface area contributed by atoms with Crippen LogP contribution in [-0.2, 0) is 11.3 Å². The molecule has 1 aromatic heterocycles. The third-order valence-corrected chi connectivity index (χ3v) is 3.01. The Morgan fingerprint density at radius 1 is 1.05 bits per heavy atom. The fraction of sp³-hybridized carbons (Fsp3) is 0.125. The topological polar surface area (TPSA) is 45.0 Å². The molecule has 1 amide bonds. The molecular weight excluding hydrogens is 250 g/mol. The molecule has 0 bridgehead atoms. The highest BCUT2D eigenvalue weighted by atomic mass is 16.1. The van der Waals surface area contributed by atoms with E-state index in [-0.39, 0.29) is 5.91 Å². The van der Waals surface area contributed by atoms with Gasteiger partial charge in [0.2, 0.25) is 6.54 Å². The van der Waals surface area contributed by atoms with E-state index >= 15 is 0 Å². The normalized spacial score (nSPS) is 12.5. The summed E-state index contributed by atoms with van der Waals surface area (Å²) in [7, 11) is 0. The number of amides is 1. The number of nitrogens with one attached hydrogen (secondary N) is 2. The van der Waals surface area contributed by atoms with Crippen molar-refractivity contribution in [1.82, 2.24) is 0 Å². The van der Waals surface area contributed by atoms with Crippen molar-refractivity contribution in [3.8, 4) is 0 Å². The first-order valence-corrected chi connectivity index (χ1v) is 6.60. The number of pyridine rings is 1. The maximum absolute atomic E-state index is 12.1. The van der Waals surface area contributed by atoms with Crippen molar-refractivity contribution in [2.24, 2.45) is 0 Å². The summed E-state index contributed by atoms with van der Waals surface area (Å²) in [5, 5.41) is 6.24. The Kier molecular flexibility index (Phi) is 3.46. The van der Waals surface area contributed by atoms with E-state index < -0.39 is 0 Å². The van der Waals surface area contributed by atoms with E-state index in [9.17, 15) is 4.79 Å². The fourth-order valence-corrected chi connectivity index (χ4v) is 1.92. The zero-order valence-corrected chi connectivity index (χ0v) is 11.0. The number of nitrogens with zero attached hydrogens (tertiary/aromatic N) is 1. The average Bonchev–Trinajstić information content (AvgIpc) is 3.26. The molecule has 2 aromatic rings. The lowest BCUT2D eigenvalue weighted by atomic mass is 10.2. The Bertz CT molecular complexity index is 650. The van der Waals surface area contributed by atoms with E-state index in [4.69, 9.17) is 0 Å². The van der Waals surface area contributed by atoms with E-state index in [1.165, 1.54) is 5.70 Å². The lowest BCUT2D eigenvalue weighted by Crippen LogP contribution is -2.39. The molecule has 100 valence electrons. The Morgan fingerprint density at radius 3 is 2.45 bits per heavy atom. The Balaban J connectivity index is 1.67. The van der Waals surface area contributed by atoms with Crippen LogP contribution < -0.4 is 15.2 Å². The molecule has 1 aliphatic rings. The first-order valence-electron chi connectivity index (χ1n) is 6.60. The van der Waals surface area contributed by atoms with Crippen LogP contribution >= 0.6 is 0 Å². The molecule has 1 aromatic carbocycles. The van der Waals surface area contributed by atoms with Gasteiger partial charge in [0.15, 0.2) is 12.4 Å². The van der Waals surface area contributed by atoms with E-state index in [0.29, 0.717) is 6.54 Å². The van der Waals surface area contributed by atoms with Crippen molar-refractivity contribution in [1.29, 1.82) is 0 Å². The van der Waals surface area contributed by atoms with Gasteiger partial charge in [-0.2, -0.15) is 4.57 Å². The Labute approximate surface area is 117 Å². The molecule has 3 rings (SSSR count). The molecule has 0 radical (unpaired) electrons. The Hall–Kier alpha value is -2.62. The lowest BCUT2D eigenvalue weighted by molar-refractivity contribution is -0.684. The van der Waals surface area contributed by atoms with Crippen LogP contribution in [0, 0.1) is 0 Å². The van der Waals surface area contributed by atoms with Gasteiger partial charge in [-0.3, -0.25) is 4.79 Å². The molecular formula is C16H16N3O+. The SMILES string of the molecule is O=C(C[n+]1ccccc1)Nc1ccccc1NC1=CC1. The molecule has 0 saturated carbocycles. The molecule has 4 nitrogen and oxygen atoms in total. The standard InChI is InChI=1S/C16H15N3O/c20-16(12-19-10-4-1-5-11-19)18-15-7-3-2-6-14(15)17-13-8-9-13/h1-8,10-11,17H,9,12H2/p+1. The summed E-state index contributed by atoms with van der Waals surface area (Å²) >= 11 is 0. The van der Waals surface area contributed by atoms with Crippen LogP contribution in [0.15, 0.2) is 66.6 Å². The number of carbonyl (C=O) groups excluding carboxylic acids is 1. The van der Waals surface area contributed by atoms with Crippen molar-refractivity contribution in [3.05, 3.63) is 66.6 Å². The van der Waals surface area contributed by atoms with E-state index in [2.05, 4.69) is 16.7 Å². The molecule has 1 aliphatic carbocycles. The fourth-order valence-electron chi connectivity index (χ4n) is 1.92. The van der Waals surface area contributed by atoms with Crippen molar-refractivity contribution in [3.63, 3.8) is 0 Å². The minimum absolute atomic E-state index is 0.0415. The van der Waals surface area contributed by atoms with Crippen LogP contribution in [-0.4, -0.2) is 5.91 Å². The van der Waals surface area contributed by atoms with Gasteiger partial charge in [-0.1, -0.05) is 24.3 Å². The summed E-state index contributed by atoms with van der Waals surface area (Å²) < 4.78 is 1.84. The molecule has 20 heavy (non-hydrogen) atoms. The minimum atomic E-state index is -0.0415. The first-order chi connectivity index (χ1) is 9.81. The van der Waals surface area contributed by atoms with Crippen LogP contribution in [0.4, 0.5) is 11.4 Å². The van der Waals surface area contributed by atoms with Gasteiger partial charge in [0, 0.05) is 24.3 Å². The number of benzene rings is 1. The second-order valence-corrected chi connectivity index (χ2v) is 4.70. The zero-order valence-electron chi connectivity index (χ0n) is 11.0. The van der Waals surface area contributed by atoms with Crippen LogP contribution in [0.25, 0.3) is 0 Å². The highest BCUT2D eigenvalue weighted by Crippen LogP contribution is 2.27. The van der Waals surface area contributed by atoms with E-state index in [0.717, 1.165) is 17.8 Å². The highest BCUT2D eigenvalue weighted by Gasteiger charge is 2.13. The quantitative estimate of drug-likeness (QED) is 0.816. The molecule has 0 atom stereocenters. The summed E-state index contributed by atoms with van der Waals surface area (Å²) in [6.45, 7) is 0.303. The third-order valence-electron chi connectivity index (χ3n) is 3.01. The van der Waals surface area contributed by atoms with Gasteiger partial charge < -0.3 is 10.6 Å². The Morgan fingerprint density at radius 2 is 1.75 bits per heavy atom. The van der Waals surface area contributed by atoms with Crippen LogP contribution in [0.3, 0.4) is 0 Å². The summed E-state index contributed by atoms with van der Waals surface area (Å²) in [6, 6.07) is 13.5. The molecule has 0 saturated heterocycles. The summed E-state index contributed by atoms with van der Waals surface area (Å²) in [5.41, 5.74) is 2.94. The van der Waals surface area contributed by atoms with E-state index in [1.807, 2.05) is 59.4 Å².